The molecule has 0 fully saturated rings. The van der Waals surface area contributed by atoms with Crippen molar-refractivity contribution < 1.29 is 9.53 Å². The Morgan fingerprint density at radius 3 is 2.93 bits per heavy atom. The van der Waals surface area contributed by atoms with E-state index in [1.54, 1.807) is 6.07 Å². The highest BCUT2D eigenvalue weighted by Gasteiger charge is 2.06. The van der Waals surface area contributed by atoms with Gasteiger partial charge in [0.05, 0.1) is 13.5 Å². The summed E-state index contributed by atoms with van der Waals surface area (Å²) in [5.74, 6) is -0.486. The molecule has 0 bridgehead atoms. The number of H-pyrrole nitrogens is 1. The molecule has 5 heteroatoms. The third kappa shape index (κ3) is 2.20. The summed E-state index contributed by atoms with van der Waals surface area (Å²) in [5, 5.41) is 8.47. The molecule has 1 aromatic heterocycles. The van der Waals surface area contributed by atoms with Gasteiger partial charge >= 0.3 is 5.97 Å². The molecule has 0 spiro atoms. The van der Waals surface area contributed by atoms with Gasteiger partial charge in [-0.2, -0.15) is 5.26 Å². The predicted octanol–water partition coefficient (Wildman–Crippen LogP) is -0.0379. The minimum Gasteiger partial charge on any atom is -0.469 e. The van der Waals surface area contributed by atoms with E-state index in [1.807, 2.05) is 0 Å². The number of carbonyl (C=O) groups excluding carboxylic acids is 1. The minimum atomic E-state index is -0.486. The van der Waals surface area contributed by atoms with Crippen LogP contribution in [0.5, 0.6) is 0 Å². The Kier molecular flexibility index (Phi) is 3.02. The molecule has 1 aromatic rings. The number of nitrogens with one attached hydrogen (secondary N) is 1. The van der Waals surface area contributed by atoms with E-state index in [2.05, 4.69) is 9.72 Å². The first-order chi connectivity index (χ1) is 6.67. The fourth-order valence-electron chi connectivity index (χ4n) is 0.932. The van der Waals surface area contributed by atoms with Crippen molar-refractivity contribution in [3.05, 3.63) is 33.7 Å². The third-order valence-corrected chi connectivity index (χ3v) is 1.68. The van der Waals surface area contributed by atoms with Crippen LogP contribution in [0.1, 0.15) is 11.3 Å². The van der Waals surface area contributed by atoms with Gasteiger partial charge in [-0.3, -0.25) is 9.59 Å². The molecule has 0 aliphatic carbocycles. The predicted molar refractivity (Wildman–Crippen MR) is 47.5 cm³/mol. The molecule has 5 nitrogen and oxygen atoms in total. The lowest BCUT2D eigenvalue weighted by Crippen LogP contribution is -2.15. The SMILES string of the molecule is COC(=O)Cc1c[nH]c(C#N)cc1=O. The average molecular weight is 192 g/mol. The van der Waals surface area contributed by atoms with Gasteiger partial charge in [-0.15, -0.1) is 0 Å². The first kappa shape index (κ1) is 9.99. The van der Waals surface area contributed by atoms with Crippen LogP contribution >= 0.6 is 0 Å². The van der Waals surface area contributed by atoms with E-state index in [0.717, 1.165) is 6.07 Å². The Balaban J connectivity index is 2.97. The Morgan fingerprint density at radius 2 is 2.43 bits per heavy atom. The first-order valence-electron chi connectivity index (χ1n) is 3.86. The normalized spacial score (nSPS) is 9.14. The zero-order valence-electron chi connectivity index (χ0n) is 7.53. The number of aromatic amines is 1. The molecule has 0 saturated heterocycles. The van der Waals surface area contributed by atoms with Crippen molar-refractivity contribution in [3.8, 4) is 6.07 Å². The van der Waals surface area contributed by atoms with E-state index in [9.17, 15) is 9.59 Å². The fraction of sp³-hybridized carbons (Fsp3) is 0.222. The van der Waals surface area contributed by atoms with Crippen molar-refractivity contribution in [1.29, 1.82) is 5.26 Å². The Hall–Kier alpha value is -2.09. The van der Waals surface area contributed by atoms with Crippen molar-refractivity contribution in [2.45, 2.75) is 6.42 Å². The highest BCUT2D eigenvalue weighted by atomic mass is 16.5. The highest BCUT2D eigenvalue weighted by Crippen LogP contribution is 1.94. The van der Waals surface area contributed by atoms with Gasteiger partial charge in [-0.05, 0) is 0 Å². The number of hydrogen-bond acceptors (Lipinski definition) is 4. The molecule has 0 amide bonds. The maximum Gasteiger partial charge on any atom is 0.310 e. The maximum absolute atomic E-state index is 11.3. The van der Waals surface area contributed by atoms with Crippen molar-refractivity contribution in [2.24, 2.45) is 0 Å². The largest absolute Gasteiger partial charge is 0.469 e. The number of esters is 1. The number of aromatic nitrogens is 1. The summed E-state index contributed by atoms with van der Waals surface area (Å²) in [6.45, 7) is 0. The summed E-state index contributed by atoms with van der Waals surface area (Å²) in [5.41, 5.74) is 0.116. The average Bonchev–Trinajstić information content (AvgIpc) is 2.20. The number of pyridine rings is 1. The lowest BCUT2D eigenvalue weighted by Gasteiger charge is -1.98. The third-order valence-electron chi connectivity index (χ3n) is 1.68. The monoisotopic (exact) mass is 192 g/mol. The van der Waals surface area contributed by atoms with Gasteiger partial charge in [0, 0.05) is 17.8 Å². The van der Waals surface area contributed by atoms with Crippen molar-refractivity contribution in [1.82, 2.24) is 4.98 Å². The van der Waals surface area contributed by atoms with Crippen molar-refractivity contribution in [3.63, 3.8) is 0 Å². The molecule has 0 unspecified atom stereocenters. The second kappa shape index (κ2) is 4.23. The number of nitrogens with zero attached hydrogens (tertiary/aromatic N) is 1. The minimum absolute atomic E-state index is 0.0858. The molecule has 72 valence electrons. The standard InChI is InChI=1S/C9H8N2O3/c1-14-9(13)2-6-5-11-7(4-10)3-8(6)12/h3,5H,2H2,1H3,(H,11,12). The van der Waals surface area contributed by atoms with Crippen LogP contribution in [-0.4, -0.2) is 18.1 Å². The van der Waals surface area contributed by atoms with Crippen LogP contribution in [0.3, 0.4) is 0 Å². The van der Waals surface area contributed by atoms with Crippen LogP contribution in [-0.2, 0) is 16.0 Å². The van der Waals surface area contributed by atoms with Crippen LogP contribution in [0.15, 0.2) is 17.1 Å². The summed E-state index contributed by atoms with van der Waals surface area (Å²) in [4.78, 5) is 24.7. The lowest BCUT2D eigenvalue weighted by atomic mass is 10.2. The van der Waals surface area contributed by atoms with Gasteiger partial charge in [0.15, 0.2) is 5.43 Å². The molecule has 1 heterocycles. The van der Waals surface area contributed by atoms with Gasteiger partial charge in [-0.25, -0.2) is 0 Å². The van der Waals surface area contributed by atoms with E-state index in [0.29, 0.717) is 0 Å². The molecule has 0 atom stereocenters. The summed E-state index contributed by atoms with van der Waals surface area (Å²) in [6.07, 6.45) is 1.26. The van der Waals surface area contributed by atoms with Gasteiger partial charge < -0.3 is 9.72 Å². The van der Waals surface area contributed by atoms with E-state index in [1.165, 1.54) is 13.3 Å². The van der Waals surface area contributed by atoms with Crippen LogP contribution in [0.4, 0.5) is 0 Å². The smallest absolute Gasteiger partial charge is 0.310 e. The second-order valence-corrected chi connectivity index (χ2v) is 2.60. The van der Waals surface area contributed by atoms with Crippen LogP contribution < -0.4 is 5.43 Å². The summed E-state index contributed by atoms with van der Waals surface area (Å²) in [6, 6.07) is 2.94. The first-order valence-corrected chi connectivity index (χ1v) is 3.86. The van der Waals surface area contributed by atoms with E-state index in [4.69, 9.17) is 5.26 Å². The molecule has 0 radical (unpaired) electrons. The zero-order valence-corrected chi connectivity index (χ0v) is 7.53. The van der Waals surface area contributed by atoms with Crippen LogP contribution in [0.2, 0.25) is 0 Å². The lowest BCUT2D eigenvalue weighted by molar-refractivity contribution is -0.139. The molecular weight excluding hydrogens is 184 g/mol. The quantitative estimate of drug-likeness (QED) is 0.666. The van der Waals surface area contributed by atoms with E-state index >= 15 is 0 Å². The topological polar surface area (TPSA) is 82.9 Å². The van der Waals surface area contributed by atoms with Gasteiger partial charge in [-0.1, -0.05) is 0 Å². The highest BCUT2D eigenvalue weighted by molar-refractivity contribution is 5.72. The van der Waals surface area contributed by atoms with E-state index in [-0.39, 0.29) is 23.1 Å². The zero-order chi connectivity index (χ0) is 10.6. The summed E-state index contributed by atoms with van der Waals surface area (Å²) in [7, 11) is 1.25. The summed E-state index contributed by atoms with van der Waals surface area (Å²) < 4.78 is 4.41. The van der Waals surface area contributed by atoms with Crippen molar-refractivity contribution in [2.75, 3.05) is 7.11 Å². The van der Waals surface area contributed by atoms with Crippen LogP contribution in [0, 0.1) is 11.3 Å². The van der Waals surface area contributed by atoms with Gasteiger partial charge in [0.2, 0.25) is 0 Å². The number of methoxy groups -OCH3 is 1. The molecule has 0 aromatic carbocycles. The Morgan fingerprint density at radius 1 is 1.71 bits per heavy atom. The Labute approximate surface area is 79.9 Å². The molecular formula is C9H8N2O3. The second-order valence-electron chi connectivity index (χ2n) is 2.60. The number of carbonyl (C=O) groups is 1. The molecule has 0 saturated carbocycles. The molecule has 0 aliphatic rings. The number of hydrogen-bond donors (Lipinski definition) is 1. The van der Waals surface area contributed by atoms with Gasteiger partial charge in [0.1, 0.15) is 11.8 Å². The number of nitriles is 1. The molecule has 1 rings (SSSR count). The molecule has 1 N–H and O–H groups in total. The number of rotatable bonds is 2. The van der Waals surface area contributed by atoms with E-state index < -0.39 is 5.97 Å². The number of ether oxygens (including phenoxy) is 1. The fourth-order valence-corrected chi connectivity index (χ4v) is 0.932. The Bertz CT molecular complexity index is 442. The molecule has 14 heavy (non-hydrogen) atoms. The summed E-state index contributed by atoms with van der Waals surface area (Å²) >= 11 is 0. The van der Waals surface area contributed by atoms with Crippen LogP contribution in [0.25, 0.3) is 0 Å². The maximum atomic E-state index is 11.3. The van der Waals surface area contributed by atoms with Crippen molar-refractivity contribution >= 4 is 5.97 Å². The van der Waals surface area contributed by atoms with Gasteiger partial charge in [0.25, 0.3) is 0 Å². The molecule has 0 aliphatic heterocycles.